The standard InChI is InChI=1S/C17H26N4O2/c22-14-15-4-3-8-19(15)9-6-17(23)21-12-10-20(11-13-21)16-5-1-2-7-18-16/h1-2,5,7,15,22H,3-4,6,8-14H2. The lowest BCUT2D eigenvalue weighted by Crippen LogP contribution is -2.49. The number of carbonyl (C=O) groups is 1. The average molecular weight is 318 g/mol. The van der Waals surface area contributed by atoms with Gasteiger partial charge in [0.05, 0.1) is 6.61 Å². The normalized spacial score (nSPS) is 22.6. The quantitative estimate of drug-likeness (QED) is 0.860. The van der Waals surface area contributed by atoms with E-state index in [0.29, 0.717) is 6.42 Å². The van der Waals surface area contributed by atoms with E-state index in [1.54, 1.807) is 6.20 Å². The zero-order valence-electron chi connectivity index (χ0n) is 13.6. The van der Waals surface area contributed by atoms with Crippen molar-refractivity contribution in [3.63, 3.8) is 0 Å². The molecule has 1 unspecified atom stereocenters. The number of aliphatic hydroxyl groups is 1. The van der Waals surface area contributed by atoms with Crippen molar-refractivity contribution in [2.45, 2.75) is 25.3 Å². The smallest absolute Gasteiger partial charge is 0.223 e. The fourth-order valence-electron chi connectivity index (χ4n) is 3.52. The first kappa shape index (κ1) is 16.2. The number of aromatic nitrogens is 1. The molecule has 0 aliphatic carbocycles. The van der Waals surface area contributed by atoms with Crippen LogP contribution in [0.5, 0.6) is 0 Å². The summed E-state index contributed by atoms with van der Waals surface area (Å²) in [6.45, 7) is 5.18. The number of amides is 1. The Bertz CT molecular complexity index is 503. The summed E-state index contributed by atoms with van der Waals surface area (Å²) in [4.78, 5) is 23.2. The van der Waals surface area contributed by atoms with Crippen molar-refractivity contribution in [2.24, 2.45) is 0 Å². The molecule has 3 heterocycles. The van der Waals surface area contributed by atoms with Gasteiger partial charge in [0.2, 0.25) is 5.91 Å². The Morgan fingerprint density at radius 2 is 2.04 bits per heavy atom. The zero-order chi connectivity index (χ0) is 16.1. The van der Waals surface area contributed by atoms with Gasteiger partial charge in [0, 0.05) is 51.4 Å². The van der Waals surface area contributed by atoms with E-state index in [1.165, 1.54) is 0 Å². The molecule has 1 aromatic rings. The van der Waals surface area contributed by atoms with E-state index in [2.05, 4.69) is 14.8 Å². The highest BCUT2D eigenvalue weighted by atomic mass is 16.3. The molecule has 0 radical (unpaired) electrons. The van der Waals surface area contributed by atoms with Gasteiger partial charge in [0.25, 0.3) is 0 Å². The predicted molar refractivity (Wildman–Crippen MR) is 89.3 cm³/mol. The maximum Gasteiger partial charge on any atom is 0.223 e. The summed E-state index contributed by atoms with van der Waals surface area (Å²) in [6.07, 6.45) is 4.54. The molecule has 1 aromatic heterocycles. The molecular weight excluding hydrogens is 292 g/mol. The van der Waals surface area contributed by atoms with E-state index in [1.807, 2.05) is 23.1 Å². The van der Waals surface area contributed by atoms with E-state index in [0.717, 1.165) is 57.9 Å². The number of rotatable bonds is 5. The Labute approximate surface area is 137 Å². The van der Waals surface area contributed by atoms with E-state index in [9.17, 15) is 9.90 Å². The Hall–Kier alpha value is -1.66. The van der Waals surface area contributed by atoms with E-state index in [-0.39, 0.29) is 18.6 Å². The molecule has 1 N–H and O–H groups in total. The number of carbonyl (C=O) groups excluding carboxylic acids is 1. The predicted octanol–water partition coefficient (Wildman–Crippen LogP) is 0.577. The molecule has 1 atom stereocenters. The molecule has 2 saturated heterocycles. The number of hydrogen-bond donors (Lipinski definition) is 1. The number of pyridine rings is 1. The topological polar surface area (TPSA) is 59.9 Å². The van der Waals surface area contributed by atoms with Crippen LogP contribution in [0.25, 0.3) is 0 Å². The molecule has 2 aliphatic rings. The Kier molecular flexibility index (Phi) is 5.46. The van der Waals surface area contributed by atoms with Crippen molar-refractivity contribution in [1.29, 1.82) is 0 Å². The maximum absolute atomic E-state index is 12.4. The molecule has 0 spiro atoms. The lowest BCUT2D eigenvalue weighted by atomic mass is 10.2. The average Bonchev–Trinajstić information content (AvgIpc) is 3.08. The van der Waals surface area contributed by atoms with E-state index >= 15 is 0 Å². The molecule has 0 bridgehead atoms. The number of anilines is 1. The Balaban J connectivity index is 1.43. The van der Waals surface area contributed by atoms with Crippen LogP contribution in [0.2, 0.25) is 0 Å². The third-order valence-electron chi connectivity index (χ3n) is 4.93. The fraction of sp³-hybridized carbons (Fsp3) is 0.647. The van der Waals surface area contributed by atoms with Gasteiger partial charge in [-0.25, -0.2) is 4.98 Å². The summed E-state index contributed by atoms with van der Waals surface area (Å²) in [7, 11) is 0. The highest BCUT2D eigenvalue weighted by molar-refractivity contribution is 5.76. The first-order chi connectivity index (χ1) is 11.3. The van der Waals surface area contributed by atoms with Crippen LogP contribution in [0.4, 0.5) is 5.82 Å². The molecule has 6 nitrogen and oxygen atoms in total. The van der Waals surface area contributed by atoms with Crippen LogP contribution < -0.4 is 4.90 Å². The van der Waals surface area contributed by atoms with Crippen molar-refractivity contribution in [1.82, 2.24) is 14.8 Å². The van der Waals surface area contributed by atoms with Crippen molar-refractivity contribution in [3.8, 4) is 0 Å². The Morgan fingerprint density at radius 1 is 1.22 bits per heavy atom. The summed E-state index contributed by atoms with van der Waals surface area (Å²) in [5.41, 5.74) is 0. The van der Waals surface area contributed by atoms with Gasteiger partial charge >= 0.3 is 0 Å². The SMILES string of the molecule is O=C(CCN1CCCC1CO)N1CCN(c2ccccn2)CC1. The molecule has 23 heavy (non-hydrogen) atoms. The van der Waals surface area contributed by atoms with Gasteiger partial charge in [-0.05, 0) is 31.5 Å². The molecule has 0 aromatic carbocycles. The van der Waals surface area contributed by atoms with Crippen molar-refractivity contribution >= 4 is 11.7 Å². The molecule has 6 heteroatoms. The third-order valence-corrected chi connectivity index (χ3v) is 4.93. The van der Waals surface area contributed by atoms with Crippen LogP contribution in [0.3, 0.4) is 0 Å². The monoisotopic (exact) mass is 318 g/mol. The summed E-state index contributed by atoms with van der Waals surface area (Å²) < 4.78 is 0. The molecule has 126 valence electrons. The second-order valence-electron chi connectivity index (χ2n) is 6.32. The van der Waals surface area contributed by atoms with Crippen LogP contribution in [0.1, 0.15) is 19.3 Å². The summed E-state index contributed by atoms with van der Waals surface area (Å²) in [6, 6.07) is 6.18. The van der Waals surface area contributed by atoms with Crippen molar-refractivity contribution in [3.05, 3.63) is 24.4 Å². The van der Waals surface area contributed by atoms with Crippen molar-refractivity contribution in [2.75, 3.05) is 50.8 Å². The van der Waals surface area contributed by atoms with Crippen LogP contribution >= 0.6 is 0 Å². The first-order valence-corrected chi connectivity index (χ1v) is 8.56. The molecule has 0 saturated carbocycles. The number of nitrogens with zero attached hydrogens (tertiary/aromatic N) is 4. The second-order valence-corrected chi connectivity index (χ2v) is 6.32. The van der Waals surface area contributed by atoms with E-state index in [4.69, 9.17) is 0 Å². The highest BCUT2D eigenvalue weighted by Gasteiger charge is 2.26. The lowest BCUT2D eigenvalue weighted by Gasteiger charge is -2.35. The van der Waals surface area contributed by atoms with Crippen LogP contribution in [-0.2, 0) is 4.79 Å². The number of piperazine rings is 1. The van der Waals surface area contributed by atoms with Gasteiger partial charge in [-0.1, -0.05) is 6.07 Å². The minimum atomic E-state index is 0.205. The van der Waals surface area contributed by atoms with Gasteiger partial charge in [0.1, 0.15) is 5.82 Å². The minimum absolute atomic E-state index is 0.205. The highest BCUT2D eigenvalue weighted by Crippen LogP contribution is 2.17. The molecular formula is C17H26N4O2. The summed E-state index contributed by atoms with van der Waals surface area (Å²) in [5, 5.41) is 9.34. The van der Waals surface area contributed by atoms with Gasteiger partial charge in [-0.2, -0.15) is 0 Å². The molecule has 3 rings (SSSR count). The van der Waals surface area contributed by atoms with Crippen LogP contribution in [0.15, 0.2) is 24.4 Å². The fourth-order valence-corrected chi connectivity index (χ4v) is 3.52. The summed E-state index contributed by atoms with van der Waals surface area (Å²) >= 11 is 0. The molecule has 2 aliphatic heterocycles. The van der Waals surface area contributed by atoms with Crippen molar-refractivity contribution < 1.29 is 9.90 Å². The van der Waals surface area contributed by atoms with Crippen LogP contribution in [-0.4, -0.2) is 77.7 Å². The second kappa shape index (κ2) is 7.75. The van der Waals surface area contributed by atoms with Gasteiger partial charge in [0.15, 0.2) is 0 Å². The third kappa shape index (κ3) is 4.00. The van der Waals surface area contributed by atoms with E-state index < -0.39 is 0 Å². The van der Waals surface area contributed by atoms with Crippen LogP contribution in [0, 0.1) is 0 Å². The van der Waals surface area contributed by atoms with Gasteiger partial charge < -0.3 is 14.9 Å². The largest absolute Gasteiger partial charge is 0.395 e. The maximum atomic E-state index is 12.4. The number of aliphatic hydroxyl groups excluding tert-OH is 1. The van der Waals surface area contributed by atoms with Gasteiger partial charge in [-0.15, -0.1) is 0 Å². The lowest BCUT2D eigenvalue weighted by molar-refractivity contribution is -0.131. The first-order valence-electron chi connectivity index (χ1n) is 8.56. The Morgan fingerprint density at radius 3 is 2.74 bits per heavy atom. The molecule has 2 fully saturated rings. The molecule has 1 amide bonds. The van der Waals surface area contributed by atoms with Gasteiger partial charge in [-0.3, -0.25) is 9.69 Å². The zero-order valence-corrected chi connectivity index (χ0v) is 13.6. The minimum Gasteiger partial charge on any atom is -0.395 e. The number of hydrogen-bond acceptors (Lipinski definition) is 5. The number of likely N-dealkylation sites (tertiary alicyclic amines) is 1. The summed E-state index contributed by atoms with van der Waals surface area (Å²) in [5.74, 6) is 1.22.